The molecule has 6 N–H and O–H groups in total. The van der Waals surface area contributed by atoms with Gasteiger partial charge in [0.05, 0.1) is 12.4 Å². The molecule has 0 aromatic heterocycles. The maximum atomic E-state index is 9.71. The number of para-hydroxylation sites is 2. The number of anilines is 2. The molecule has 0 saturated heterocycles. The van der Waals surface area contributed by atoms with E-state index in [-0.39, 0.29) is 11.5 Å². The number of hydrogen-bond acceptors (Lipinski definition) is 6. The van der Waals surface area contributed by atoms with Gasteiger partial charge in [0, 0.05) is 22.5 Å². The first kappa shape index (κ1) is 22.7. The summed E-state index contributed by atoms with van der Waals surface area (Å²) in [6, 6.07) is 21.0. The average Bonchev–Trinajstić information content (AvgIpc) is 2.78. The molecule has 0 aliphatic carbocycles. The quantitative estimate of drug-likeness (QED) is 0.186. The van der Waals surface area contributed by atoms with E-state index in [4.69, 9.17) is 24.4 Å². The zero-order chi connectivity index (χ0) is 22.8. The molecule has 0 saturated carbocycles. The van der Waals surface area contributed by atoms with Gasteiger partial charge in [-0.15, -0.1) is 0 Å². The number of rotatable bonds is 6. The summed E-state index contributed by atoms with van der Waals surface area (Å²) < 4.78 is 0. The van der Waals surface area contributed by atoms with Crippen LogP contribution in [0.4, 0.5) is 11.4 Å². The Morgan fingerprint density at radius 3 is 1.38 bits per heavy atom. The highest BCUT2D eigenvalue weighted by atomic mass is 32.1. The van der Waals surface area contributed by atoms with Crippen LogP contribution in [-0.4, -0.2) is 32.9 Å². The minimum Gasteiger partial charge on any atom is -0.507 e. The van der Waals surface area contributed by atoms with Crippen molar-refractivity contribution in [2.24, 2.45) is 10.2 Å². The Labute approximate surface area is 195 Å². The van der Waals surface area contributed by atoms with Crippen molar-refractivity contribution in [3.05, 3.63) is 83.9 Å². The number of aromatic hydroxyl groups is 2. The highest BCUT2D eigenvalue weighted by Gasteiger charge is 2.00. The molecule has 0 heterocycles. The minimum absolute atomic E-state index is 0.135. The Bertz CT molecular complexity index is 1060. The van der Waals surface area contributed by atoms with Crippen LogP contribution in [0.25, 0.3) is 0 Å². The largest absolute Gasteiger partial charge is 0.507 e. The zero-order valence-corrected chi connectivity index (χ0v) is 18.3. The van der Waals surface area contributed by atoms with E-state index in [1.165, 1.54) is 12.4 Å². The predicted molar refractivity (Wildman–Crippen MR) is 137 cm³/mol. The second-order valence-corrected chi connectivity index (χ2v) is 7.16. The Hall–Kier alpha value is -4.02. The maximum absolute atomic E-state index is 9.71. The second-order valence-electron chi connectivity index (χ2n) is 6.34. The molecule has 8 nitrogen and oxygen atoms in total. The molecule has 0 bridgehead atoms. The monoisotopic (exact) mass is 464 g/mol. The summed E-state index contributed by atoms with van der Waals surface area (Å²) >= 11 is 10.4. The van der Waals surface area contributed by atoms with Gasteiger partial charge >= 0.3 is 0 Å². The van der Waals surface area contributed by atoms with Crippen molar-refractivity contribution in [3.8, 4) is 11.5 Å². The van der Waals surface area contributed by atoms with Crippen molar-refractivity contribution in [3.63, 3.8) is 0 Å². The van der Waals surface area contributed by atoms with Crippen LogP contribution in [0.5, 0.6) is 11.5 Å². The zero-order valence-electron chi connectivity index (χ0n) is 16.7. The highest BCUT2D eigenvalue weighted by Crippen LogP contribution is 2.15. The van der Waals surface area contributed by atoms with Crippen LogP contribution in [0.3, 0.4) is 0 Å². The second kappa shape index (κ2) is 11.4. The molecule has 0 atom stereocenters. The first-order valence-electron chi connectivity index (χ1n) is 9.37. The van der Waals surface area contributed by atoms with Crippen LogP contribution < -0.4 is 21.5 Å². The fraction of sp³-hybridized carbons (Fsp3) is 0. The molecule has 32 heavy (non-hydrogen) atoms. The molecule has 0 unspecified atom stereocenters. The van der Waals surface area contributed by atoms with E-state index in [0.29, 0.717) is 21.4 Å². The number of nitrogens with zero attached hydrogens (tertiary/aromatic N) is 2. The number of hydrogen-bond donors (Lipinski definition) is 6. The summed E-state index contributed by atoms with van der Waals surface area (Å²) in [5.74, 6) is 0.271. The molecule has 0 aliphatic rings. The van der Waals surface area contributed by atoms with Crippen molar-refractivity contribution < 1.29 is 10.2 Å². The molecule has 0 amide bonds. The number of thiocarbonyl (C=S) groups is 2. The van der Waals surface area contributed by atoms with E-state index in [9.17, 15) is 10.2 Å². The van der Waals surface area contributed by atoms with Crippen molar-refractivity contribution >= 4 is 58.5 Å². The fourth-order valence-electron chi connectivity index (χ4n) is 2.47. The third kappa shape index (κ3) is 7.04. The van der Waals surface area contributed by atoms with Gasteiger partial charge in [0.25, 0.3) is 0 Å². The van der Waals surface area contributed by atoms with Gasteiger partial charge in [0.2, 0.25) is 0 Å². The first-order valence-corrected chi connectivity index (χ1v) is 10.2. The molecule has 162 valence electrons. The summed E-state index contributed by atoms with van der Waals surface area (Å²) in [6.07, 6.45) is 2.96. The van der Waals surface area contributed by atoms with Crippen molar-refractivity contribution in [1.29, 1.82) is 0 Å². The summed E-state index contributed by atoms with van der Waals surface area (Å²) in [4.78, 5) is 0. The molecule has 0 radical (unpaired) electrons. The lowest BCUT2D eigenvalue weighted by Gasteiger charge is -2.10. The Morgan fingerprint density at radius 1 is 0.625 bits per heavy atom. The number of phenols is 2. The number of nitrogens with one attached hydrogen (secondary N) is 4. The van der Waals surface area contributed by atoms with Crippen LogP contribution >= 0.6 is 24.4 Å². The molecular formula is C22H20N6O2S2. The van der Waals surface area contributed by atoms with Crippen LogP contribution in [0.2, 0.25) is 0 Å². The SMILES string of the molecule is Oc1ccccc1/C=N/NC(=S)Nc1ccc(NC(=S)N/N=C/c2ccccc2O)cc1. The van der Waals surface area contributed by atoms with Crippen molar-refractivity contribution in [1.82, 2.24) is 10.9 Å². The highest BCUT2D eigenvalue weighted by molar-refractivity contribution is 7.80. The van der Waals surface area contributed by atoms with Gasteiger partial charge in [0.15, 0.2) is 10.2 Å². The van der Waals surface area contributed by atoms with Gasteiger partial charge in [-0.25, -0.2) is 0 Å². The Morgan fingerprint density at radius 2 is 1.00 bits per heavy atom. The summed E-state index contributed by atoms with van der Waals surface area (Å²) in [6.45, 7) is 0. The van der Waals surface area contributed by atoms with Crippen molar-refractivity contribution in [2.75, 3.05) is 10.6 Å². The smallest absolute Gasteiger partial charge is 0.191 e. The predicted octanol–water partition coefficient (Wildman–Crippen LogP) is 3.74. The van der Waals surface area contributed by atoms with Gasteiger partial charge in [-0.2, -0.15) is 10.2 Å². The topological polar surface area (TPSA) is 113 Å². The fourth-order valence-corrected chi connectivity index (χ4v) is 2.81. The molecule has 10 heteroatoms. The summed E-state index contributed by atoms with van der Waals surface area (Å²) in [5.41, 5.74) is 8.04. The Balaban J connectivity index is 1.45. The Kier molecular flexibility index (Phi) is 8.07. The summed E-state index contributed by atoms with van der Waals surface area (Å²) in [5, 5.41) is 34.0. The van der Waals surface area contributed by atoms with Crippen LogP contribution in [-0.2, 0) is 0 Å². The lowest BCUT2D eigenvalue weighted by atomic mass is 10.2. The normalized spacial score (nSPS) is 10.8. The average molecular weight is 465 g/mol. The third-order valence-electron chi connectivity index (χ3n) is 4.01. The minimum atomic E-state index is 0.135. The van der Waals surface area contributed by atoms with Gasteiger partial charge in [-0.3, -0.25) is 10.9 Å². The van der Waals surface area contributed by atoms with E-state index in [1.54, 1.807) is 48.5 Å². The van der Waals surface area contributed by atoms with Gasteiger partial charge in [0.1, 0.15) is 11.5 Å². The molecule has 3 aromatic rings. The lowest BCUT2D eigenvalue weighted by Crippen LogP contribution is -2.24. The van der Waals surface area contributed by atoms with Crippen LogP contribution in [0.1, 0.15) is 11.1 Å². The van der Waals surface area contributed by atoms with Crippen LogP contribution in [0.15, 0.2) is 83.0 Å². The third-order valence-corrected chi connectivity index (χ3v) is 4.40. The van der Waals surface area contributed by atoms with Crippen molar-refractivity contribution in [2.45, 2.75) is 0 Å². The number of hydrazone groups is 2. The van der Waals surface area contributed by atoms with E-state index < -0.39 is 0 Å². The first-order chi connectivity index (χ1) is 15.5. The van der Waals surface area contributed by atoms with Gasteiger partial charge in [-0.1, -0.05) is 24.3 Å². The van der Waals surface area contributed by atoms with E-state index >= 15 is 0 Å². The lowest BCUT2D eigenvalue weighted by molar-refractivity contribution is 0.474. The van der Waals surface area contributed by atoms with Gasteiger partial charge < -0.3 is 20.8 Å². The maximum Gasteiger partial charge on any atom is 0.191 e. The molecule has 3 rings (SSSR count). The van der Waals surface area contributed by atoms with Gasteiger partial charge in [-0.05, 0) is 73.0 Å². The summed E-state index contributed by atoms with van der Waals surface area (Å²) in [7, 11) is 0. The molecule has 0 fully saturated rings. The molecule has 0 aliphatic heterocycles. The standard InChI is InChI=1S/C22H20N6O2S2/c29-19-7-3-1-5-15(19)13-23-27-21(31)25-17-9-11-18(12-10-17)26-22(32)28-24-14-16-6-2-4-8-20(16)30/h1-14,29-30H,(H2,25,27,31)(H2,26,28,32)/b23-13+,24-14+. The van der Waals surface area contributed by atoms with E-state index in [2.05, 4.69) is 31.7 Å². The molecular weight excluding hydrogens is 444 g/mol. The number of phenolic OH excluding ortho intramolecular Hbond substituents is 2. The number of benzene rings is 3. The van der Waals surface area contributed by atoms with E-state index in [1.807, 2.05) is 24.3 Å². The molecule has 3 aromatic carbocycles. The van der Waals surface area contributed by atoms with E-state index in [0.717, 1.165) is 11.4 Å². The molecule has 0 spiro atoms. The van der Waals surface area contributed by atoms with Crippen LogP contribution in [0, 0.1) is 0 Å².